The fraction of sp³-hybridized carbons (Fsp3) is 0.619. The van der Waals surface area contributed by atoms with Gasteiger partial charge in [0.05, 0.1) is 6.42 Å². The second kappa shape index (κ2) is 12.4. The second-order valence-corrected chi connectivity index (χ2v) is 9.29. The first-order chi connectivity index (χ1) is 14.0. The van der Waals surface area contributed by atoms with Crippen LogP contribution in [0.25, 0.3) is 0 Å². The van der Waals surface area contributed by atoms with E-state index in [9.17, 15) is 4.79 Å². The number of piperazine rings is 1. The van der Waals surface area contributed by atoms with Crippen molar-refractivity contribution in [1.29, 1.82) is 0 Å². The molecule has 168 valence electrons. The molecule has 2 fully saturated rings. The number of hydrogen-bond donors (Lipinski definition) is 1. The lowest BCUT2D eigenvalue weighted by Crippen LogP contribution is -2.55. The summed E-state index contributed by atoms with van der Waals surface area (Å²) in [5.74, 6) is 1.07. The Morgan fingerprint density at radius 2 is 1.90 bits per heavy atom. The molecule has 0 aliphatic carbocycles. The molecule has 0 saturated carbocycles. The molecule has 0 unspecified atom stereocenters. The van der Waals surface area contributed by atoms with Gasteiger partial charge in [0.15, 0.2) is 5.96 Å². The zero-order valence-corrected chi connectivity index (χ0v) is 21.6. The van der Waals surface area contributed by atoms with Crippen molar-refractivity contribution in [1.82, 2.24) is 15.1 Å². The van der Waals surface area contributed by atoms with Crippen LogP contribution in [-0.4, -0.2) is 85.7 Å². The first-order valence-electron chi connectivity index (χ1n) is 10.2. The zero-order valence-electron chi connectivity index (χ0n) is 17.7. The van der Waals surface area contributed by atoms with Gasteiger partial charge in [-0.1, -0.05) is 23.7 Å². The molecule has 2 aliphatic rings. The third-order valence-electron chi connectivity index (χ3n) is 5.79. The van der Waals surface area contributed by atoms with Crippen molar-refractivity contribution in [3.05, 3.63) is 34.9 Å². The van der Waals surface area contributed by atoms with Crippen LogP contribution in [0.3, 0.4) is 0 Å². The molecule has 2 saturated heterocycles. The first kappa shape index (κ1) is 25.5. The van der Waals surface area contributed by atoms with Gasteiger partial charge < -0.3 is 19.9 Å². The highest BCUT2D eigenvalue weighted by atomic mass is 127. The van der Waals surface area contributed by atoms with Crippen molar-refractivity contribution in [3.8, 4) is 0 Å². The Hall–Kier alpha value is -0.710. The number of carbonyl (C=O) groups excluding carboxylic acids is 1. The summed E-state index contributed by atoms with van der Waals surface area (Å²) in [5, 5.41) is 4.24. The highest BCUT2D eigenvalue weighted by Crippen LogP contribution is 2.33. The Kier molecular flexibility index (Phi) is 10.5. The molecule has 0 bridgehead atoms. The maximum Gasteiger partial charge on any atom is 0.227 e. The number of nitrogens with zero attached hydrogens (tertiary/aromatic N) is 3. The lowest BCUT2D eigenvalue weighted by molar-refractivity contribution is -0.131. The summed E-state index contributed by atoms with van der Waals surface area (Å²) in [7, 11) is 1.83. The molecule has 0 aromatic heterocycles. The Labute approximate surface area is 206 Å². The Balaban J connectivity index is 0.00000320. The summed E-state index contributed by atoms with van der Waals surface area (Å²) >= 11 is 7.95. The van der Waals surface area contributed by atoms with Gasteiger partial charge >= 0.3 is 0 Å². The number of benzene rings is 1. The quantitative estimate of drug-likeness (QED) is 0.337. The van der Waals surface area contributed by atoms with Gasteiger partial charge in [0.25, 0.3) is 0 Å². The molecule has 9 heteroatoms. The van der Waals surface area contributed by atoms with Crippen LogP contribution in [0.1, 0.15) is 18.4 Å². The van der Waals surface area contributed by atoms with Crippen LogP contribution in [0.5, 0.6) is 0 Å². The molecular formula is C21H32ClIN4O2S. The van der Waals surface area contributed by atoms with Crippen LogP contribution in [0.15, 0.2) is 29.3 Å². The highest BCUT2D eigenvalue weighted by molar-refractivity contribution is 14.0. The maximum atomic E-state index is 12.6. The Morgan fingerprint density at radius 3 is 2.50 bits per heavy atom. The smallest absolute Gasteiger partial charge is 0.227 e. The number of carbonyl (C=O) groups is 1. The molecular weight excluding hydrogens is 535 g/mol. The minimum absolute atomic E-state index is 0. The van der Waals surface area contributed by atoms with Gasteiger partial charge in [0, 0.05) is 62.8 Å². The van der Waals surface area contributed by atoms with Crippen LogP contribution < -0.4 is 5.32 Å². The van der Waals surface area contributed by atoms with Gasteiger partial charge in [-0.25, -0.2) is 0 Å². The van der Waals surface area contributed by atoms with Crippen molar-refractivity contribution < 1.29 is 9.53 Å². The Bertz CT molecular complexity index is 723. The van der Waals surface area contributed by atoms with Crippen LogP contribution >= 0.6 is 47.3 Å². The lowest BCUT2D eigenvalue weighted by atomic mass is 9.99. The molecule has 1 aromatic rings. The van der Waals surface area contributed by atoms with E-state index in [4.69, 9.17) is 16.3 Å². The molecule has 0 atom stereocenters. The molecule has 1 aromatic carbocycles. The standard InChI is InChI=1S/C21H31ClN4O2S.HI/c1-23-20(24-16-21(29-2)6-12-28-13-7-21)26-10-8-25(9-11-26)19(27)15-17-4-3-5-18(22)14-17;/h3-5,14H,6-13,15-16H2,1-2H3,(H,23,24);1H. The number of amides is 1. The van der Waals surface area contributed by atoms with Crippen molar-refractivity contribution in [2.45, 2.75) is 24.0 Å². The number of hydrogen-bond acceptors (Lipinski definition) is 4. The van der Waals surface area contributed by atoms with E-state index in [0.29, 0.717) is 24.5 Å². The average molecular weight is 567 g/mol. The second-order valence-electron chi connectivity index (χ2n) is 7.57. The summed E-state index contributed by atoms with van der Waals surface area (Å²) in [6, 6.07) is 7.52. The minimum Gasteiger partial charge on any atom is -0.381 e. The summed E-state index contributed by atoms with van der Waals surface area (Å²) in [6.07, 6.45) is 4.69. The van der Waals surface area contributed by atoms with Gasteiger partial charge in [-0.15, -0.1) is 24.0 Å². The minimum atomic E-state index is 0. The van der Waals surface area contributed by atoms with Crippen LogP contribution in [-0.2, 0) is 16.0 Å². The van der Waals surface area contributed by atoms with E-state index in [2.05, 4.69) is 21.5 Å². The van der Waals surface area contributed by atoms with E-state index in [1.807, 2.05) is 48.0 Å². The molecule has 6 nitrogen and oxygen atoms in total. The summed E-state index contributed by atoms with van der Waals surface area (Å²) in [5.41, 5.74) is 0.959. The number of ether oxygens (including phenoxy) is 1. The largest absolute Gasteiger partial charge is 0.381 e. The molecule has 1 amide bonds. The number of nitrogens with one attached hydrogen (secondary N) is 1. The fourth-order valence-corrected chi connectivity index (χ4v) is 4.87. The van der Waals surface area contributed by atoms with E-state index in [-0.39, 0.29) is 34.6 Å². The zero-order chi connectivity index (χ0) is 20.7. The number of rotatable bonds is 5. The summed E-state index contributed by atoms with van der Waals surface area (Å²) < 4.78 is 5.74. The molecule has 2 aliphatic heterocycles. The molecule has 30 heavy (non-hydrogen) atoms. The Morgan fingerprint density at radius 1 is 1.23 bits per heavy atom. The average Bonchev–Trinajstić information content (AvgIpc) is 2.75. The fourth-order valence-electron chi connectivity index (χ4n) is 3.87. The van der Waals surface area contributed by atoms with E-state index in [1.165, 1.54) is 0 Å². The van der Waals surface area contributed by atoms with E-state index < -0.39 is 0 Å². The number of halogens is 2. The molecule has 2 heterocycles. The topological polar surface area (TPSA) is 57.2 Å². The van der Waals surface area contributed by atoms with Gasteiger partial charge in [-0.3, -0.25) is 9.79 Å². The molecule has 1 N–H and O–H groups in total. The number of aliphatic imine (C=N–C) groups is 1. The van der Waals surface area contributed by atoms with Crippen molar-refractivity contribution in [2.75, 3.05) is 59.2 Å². The van der Waals surface area contributed by atoms with Crippen molar-refractivity contribution >= 4 is 59.2 Å². The van der Waals surface area contributed by atoms with Gasteiger partial charge in [-0.05, 0) is 36.8 Å². The highest BCUT2D eigenvalue weighted by Gasteiger charge is 2.32. The predicted molar refractivity (Wildman–Crippen MR) is 136 cm³/mol. The van der Waals surface area contributed by atoms with Gasteiger partial charge in [-0.2, -0.15) is 11.8 Å². The van der Waals surface area contributed by atoms with E-state index >= 15 is 0 Å². The van der Waals surface area contributed by atoms with Gasteiger partial charge in [0.1, 0.15) is 0 Å². The molecule has 0 spiro atoms. The third-order valence-corrected chi connectivity index (χ3v) is 7.45. The van der Waals surface area contributed by atoms with Gasteiger partial charge in [0.2, 0.25) is 5.91 Å². The van der Waals surface area contributed by atoms with Crippen molar-refractivity contribution in [3.63, 3.8) is 0 Å². The van der Waals surface area contributed by atoms with Crippen LogP contribution in [0, 0.1) is 0 Å². The first-order valence-corrected chi connectivity index (χ1v) is 11.8. The molecule has 0 radical (unpaired) electrons. The van der Waals surface area contributed by atoms with Crippen molar-refractivity contribution in [2.24, 2.45) is 4.99 Å². The maximum absolute atomic E-state index is 12.6. The normalized spacial score (nSPS) is 19.2. The number of guanidine groups is 1. The SMILES string of the molecule is CN=C(NCC1(SC)CCOCC1)N1CCN(C(=O)Cc2cccc(Cl)c2)CC1.I. The van der Waals surface area contributed by atoms with Crippen LogP contribution in [0.2, 0.25) is 5.02 Å². The monoisotopic (exact) mass is 566 g/mol. The van der Waals surface area contributed by atoms with E-state index in [0.717, 1.165) is 57.2 Å². The molecule has 3 rings (SSSR count). The summed E-state index contributed by atoms with van der Waals surface area (Å²) in [4.78, 5) is 21.3. The predicted octanol–water partition coefficient (Wildman–Crippen LogP) is 3.13. The van der Waals surface area contributed by atoms with Crippen LogP contribution in [0.4, 0.5) is 0 Å². The lowest BCUT2D eigenvalue weighted by Gasteiger charge is -2.39. The third kappa shape index (κ3) is 6.90. The number of thioether (sulfide) groups is 1. The van der Waals surface area contributed by atoms with E-state index in [1.54, 1.807) is 0 Å². The summed E-state index contributed by atoms with van der Waals surface area (Å²) in [6.45, 7) is 5.54.